The predicted octanol–water partition coefficient (Wildman–Crippen LogP) is 6.42. The molecule has 0 spiro atoms. The van der Waals surface area contributed by atoms with Crippen molar-refractivity contribution in [2.75, 3.05) is 0 Å². The molecule has 5 heteroatoms. The zero-order chi connectivity index (χ0) is 21.8. The topological polar surface area (TPSA) is 39.0 Å². The molecule has 0 saturated carbocycles. The monoisotopic (exact) mass is 425 g/mol. The molecule has 0 bridgehead atoms. The molecule has 0 radical (unpaired) electrons. The van der Waals surface area contributed by atoms with E-state index in [2.05, 4.69) is 93.8 Å². The van der Waals surface area contributed by atoms with Gasteiger partial charge < -0.3 is 0 Å². The van der Waals surface area contributed by atoms with Crippen LogP contribution >= 0.6 is 0 Å². The number of fused-ring (bicyclic) bond motifs is 10. The minimum Gasteiger partial charge on any atom is -0.276 e. The van der Waals surface area contributed by atoms with Crippen LogP contribution in [0.5, 0.6) is 0 Å². The molecule has 0 atom stereocenters. The van der Waals surface area contributed by atoms with Crippen molar-refractivity contribution in [3.63, 3.8) is 0 Å². The Bertz CT molecular complexity index is 1930. The minimum atomic E-state index is 0.902. The largest absolute Gasteiger partial charge is 0.276 e. The van der Waals surface area contributed by atoms with Gasteiger partial charge in [0.2, 0.25) is 11.6 Å². The molecule has 0 aliphatic heterocycles. The number of hydrogen-bond acceptors (Lipinski definition) is 2. The van der Waals surface area contributed by atoms with Crippen molar-refractivity contribution in [2.45, 2.75) is 13.8 Å². The first-order chi connectivity index (χ1) is 16.2. The average Bonchev–Trinajstić information content (AvgIpc) is 3.53. The molecule has 33 heavy (non-hydrogen) atoms. The molecule has 4 heterocycles. The molecule has 0 N–H and O–H groups in total. The minimum absolute atomic E-state index is 0.902. The Hall–Kier alpha value is -4.38. The maximum Gasteiger partial charge on any atom is 0.223 e. The van der Waals surface area contributed by atoms with Gasteiger partial charge in [0.1, 0.15) is 5.52 Å². The van der Waals surface area contributed by atoms with Crippen molar-refractivity contribution in [1.82, 2.24) is 23.2 Å². The molecule has 0 aliphatic rings. The van der Waals surface area contributed by atoms with Crippen LogP contribution in [0.15, 0.2) is 78.9 Å². The van der Waals surface area contributed by atoms with Gasteiger partial charge in [-0.05, 0) is 66.9 Å². The number of nitrogens with zero attached hydrogens (tertiary/aromatic N) is 5. The van der Waals surface area contributed by atoms with E-state index in [4.69, 9.17) is 9.97 Å². The summed E-state index contributed by atoms with van der Waals surface area (Å²) in [5.74, 6) is 1.80. The lowest BCUT2D eigenvalue weighted by molar-refractivity contribution is 1.15. The highest BCUT2D eigenvalue weighted by atomic mass is 15.3. The zero-order valence-corrected chi connectivity index (χ0v) is 18.2. The molecular weight excluding hydrogens is 406 g/mol. The average molecular weight is 425 g/mol. The SMILES string of the molecule is Cc1ccc(-c2cc3c4c(c2)n2c5ccccc5nc2n4c2nc4ccccc4n32)c(C)c1. The van der Waals surface area contributed by atoms with Crippen LogP contribution in [0.3, 0.4) is 0 Å². The number of aromatic nitrogens is 5. The van der Waals surface area contributed by atoms with Gasteiger partial charge in [-0.3, -0.25) is 8.80 Å². The first kappa shape index (κ1) is 17.2. The molecule has 0 saturated heterocycles. The zero-order valence-electron chi connectivity index (χ0n) is 18.2. The lowest BCUT2D eigenvalue weighted by atomic mass is 9.98. The van der Waals surface area contributed by atoms with Gasteiger partial charge in [-0.1, -0.05) is 48.0 Å². The Balaban J connectivity index is 1.67. The lowest BCUT2D eigenvalue weighted by Gasteiger charge is -2.09. The summed E-state index contributed by atoms with van der Waals surface area (Å²) >= 11 is 0. The highest BCUT2D eigenvalue weighted by Gasteiger charge is 2.24. The Labute approximate surface area is 188 Å². The number of benzene rings is 4. The van der Waals surface area contributed by atoms with Crippen LogP contribution in [0.1, 0.15) is 11.1 Å². The quantitative estimate of drug-likeness (QED) is 0.305. The number of para-hydroxylation sites is 4. The lowest BCUT2D eigenvalue weighted by Crippen LogP contribution is -1.90. The fourth-order valence-electron chi connectivity index (χ4n) is 5.56. The first-order valence-corrected chi connectivity index (χ1v) is 11.2. The molecule has 0 fully saturated rings. The summed E-state index contributed by atoms with van der Waals surface area (Å²) < 4.78 is 6.78. The molecule has 8 rings (SSSR count). The Kier molecular flexibility index (Phi) is 2.97. The summed E-state index contributed by atoms with van der Waals surface area (Å²) in [6.45, 7) is 4.34. The van der Waals surface area contributed by atoms with Crippen LogP contribution in [-0.2, 0) is 0 Å². The molecule has 156 valence electrons. The van der Waals surface area contributed by atoms with Gasteiger partial charge >= 0.3 is 0 Å². The van der Waals surface area contributed by atoms with Gasteiger partial charge in [-0.2, -0.15) is 0 Å². The fraction of sp³-hybridized carbons (Fsp3) is 0.0714. The van der Waals surface area contributed by atoms with Gasteiger partial charge in [0.05, 0.1) is 33.1 Å². The molecule has 5 nitrogen and oxygen atoms in total. The van der Waals surface area contributed by atoms with Crippen molar-refractivity contribution in [3.8, 4) is 11.1 Å². The van der Waals surface area contributed by atoms with Gasteiger partial charge in [0, 0.05) is 0 Å². The van der Waals surface area contributed by atoms with Crippen LogP contribution in [0.25, 0.3) is 61.3 Å². The van der Waals surface area contributed by atoms with E-state index >= 15 is 0 Å². The van der Waals surface area contributed by atoms with Crippen molar-refractivity contribution in [1.29, 1.82) is 0 Å². The summed E-state index contributed by atoms with van der Waals surface area (Å²) in [6, 6.07) is 28.0. The summed E-state index contributed by atoms with van der Waals surface area (Å²) in [6.07, 6.45) is 0. The van der Waals surface area contributed by atoms with Crippen LogP contribution in [0, 0.1) is 13.8 Å². The Morgan fingerprint density at radius 1 is 0.576 bits per heavy atom. The smallest absolute Gasteiger partial charge is 0.223 e. The Morgan fingerprint density at radius 3 is 1.73 bits per heavy atom. The second-order valence-electron chi connectivity index (χ2n) is 8.99. The highest BCUT2D eigenvalue weighted by molar-refractivity contribution is 6.06. The predicted molar refractivity (Wildman–Crippen MR) is 134 cm³/mol. The van der Waals surface area contributed by atoms with E-state index in [1.165, 1.54) is 22.3 Å². The second kappa shape index (κ2) is 5.70. The third-order valence-electron chi connectivity index (χ3n) is 6.95. The molecule has 0 amide bonds. The van der Waals surface area contributed by atoms with Crippen LogP contribution in [-0.4, -0.2) is 23.2 Å². The Morgan fingerprint density at radius 2 is 1.15 bits per heavy atom. The van der Waals surface area contributed by atoms with Gasteiger partial charge in [0.15, 0.2) is 0 Å². The fourth-order valence-corrected chi connectivity index (χ4v) is 5.56. The normalized spacial score (nSPS) is 12.5. The molecule has 0 unspecified atom stereocenters. The number of aryl methyl sites for hydroxylation is 2. The summed E-state index contributed by atoms with van der Waals surface area (Å²) in [7, 11) is 0. The van der Waals surface area contributed by atoms with E-state index in [9.17, 15) is 0 Å². The molecule has 4 aromatic heterocycles. The van der Waals surface area contributed by atoms with Crippen LogP contribution in [0.2, 0.25) is 0 Å². The van der Waals surface area contributed by atoms with E-state index in [0.29, 0.717) is 0 Å². The van der Waals surface area contributed by atoms with Crippen LogP contribution < -0.4 is 0 Å². The molecule has 4 aromatic carbocycles. The third-order valence-corrected chi connectivity index (χ3v) is 6.95. The third kappa shape index (κ3) is 2.02. The van der Waals surface area contributed by atoms with E-state index in [1.54, 1.807) is 0 Å². The van der Waals surface area contributed by atoms with Crippen molar-refractivity contribution in [2.24, 2.45) is 0 Å². The van der Waals surface area contributed by atoms with Gasteiger partial charge in [-0.25, -0.2) is 14.4 Å². The highest BCUT2D eigenvalue weighted by Crippen LogP contribution is 2.38. The maximum absolute atomic E-state index is 5.03. The second-order valence-corrected chi connectivity index (χ2v) is 8.99. The van der Waals surface area contributed by atoms with E-state index in [0.717, 1.165) is 50.2 Å². The van der Waals surface area contributed by atoms with Crippen molar-refractivity contribution >= 4 is 50.2 Å². The number of imidazole rings is 4. The molecular formula is C28H19N5. The number of rotatable bonds is 1. The van der Waals surface area contributed by atoms with E-state index < -0.39 is 0 Å². The maximum atomic E-state index is 5.03. The summed E-state index contributed by atoms with van der Waals surface area (Å²) in [5, 5.41) is 0. The first-order valence-electron chi connectivity index (χ1n) is 11.2. The molecule has 8 aromatic rings. The van der Waals surface area contributed by atoms with Gasteiger partial charge in [0.25, 0.3) is 0 Å². The van der Waals surface area contributed by atoms with Crippen molar-refractivity contribution < 1.29 is 0 Å². The van der Waals surface area contributed by atoms with Gasteiger partial charge in [-0.15, -0.1) is 0 Å². The number of hydrogen-bond donors (Lipinski definition) is 0. The van der Waals surface area contributed by atoms with Crippen LogP contribution in [0.4, 0.5) is 0 Å². The van der Waals surface area contributed by atoms with E-state index in [1.807, 2.05) is 12.1 Å². The van der Waals surface area contributed by atoms with Crippen molar-refractivity contribution in [3.05, 3.63) is 90.0 Å². The standard InChI is InChI=1S/C28H19N5/c1-16-11-12-19(17(2)13-16)18-14-24-26-25(15-18)32-23-10-6-4-8-21(23)30-28(32)33(26)27-29-20-7-3-5-9-22(20)31(24)27/h3-15H,1-2H3. The summed E-state index contributed by atoms with van der Waals surface area (Å²) in [5.41, 5.74) is 12.7. The molecule has 0 aliphatic carbocycles. The van der Waals surface area contributed by atoms with E-state index in [-0.39, 0.29) is 0 Å². The summed E-state index contributed by atoms with van der Waals surface area (Å²) in [4.78, 5) is 10.1.